The molecule has 5 heteroatoms. The summed E-state index contributed by atoms with van der Waals surface area (Å²) in [5.74, 6) is 1.10. The second kappa shape index (κ2) is 5.71. The van der Waals surface area contributed by atoms with Gasteiger partial charge in [-0.05, 0) is 31.9 Å². The molecule has 1 aliphatic rings. The number of hydrogen-bond acceptors (Lipinski definition) is 4. The van der Waals surface area contributed by atoms with Crippen LogP contribution in [0.15, 0.2) is 12.1 Å². The van der Waals surface area contributed by atoms with Crippen LogP contribution >= 0.6 is 0 Å². The summed E-state index contributed by atoms with van der Waals surface area (Å²) in [6.45, 7) is 3.16. The maximum absolute atomic E-state index is 11.6. The van der Waals surface area contributed by atoms with Gasteiger partial charge in [0.25, 0.3) is 0 Å². The minimum atomic E-state index is 0.174. The highest BCUT2D eigenvalue weighted by atomic mass is 16.1. The monoisotopic (exact) mass is 248 g/mol. The van der Waals surface area contributed by atoms with E-state index in [-0.39, 0.29) is 11.8 Å². The molecular formula is C13H20N4O. The molecule has 1 heterocycles. The van der Waals surface area contributed by atoms with Gasteiger partial charge < -0.3 is 16.4 Å². The van der Waals surface area contributed by atoms with Gasteiger partial charge in [0.05, 0.1) is 5.69 Å². The number of nitrogen functional groups attached to an aromatic ring is 1. The summed E-state index contributed by atoms with van der Waals surface area (Å²) < 4.78 is 0. The maximum atomic E-state index is 11.6. The van der Waals surface area contributed by atoms with Gasteiger partial charge in [0.1, 0.15) is 5.82 Å². The largest absolute Gasteiger partial charge is 0.396 e. The maximum Gasteiger partial charge on any atom is 0.223 e. The van der Waals surface area contributed by atoms with Gasteiger partial charge in [0.2, 0.25) is 5.91 Å². The fraction of sp³-hybridized carbons (Fsp3) is 0.538. The van der Waals surface area contributed by atoms with Crippen LogP contribution in [-0.4, -0.2) is 24.0 Å². The van der Waals surface area contributed by atoms with E-state index >= 15 is 0 Å². The van der Waals surface area contributed by atoms with Crippen LogP contribution in [0.1, 0.15) is 25.0 Å². The van der Waals surface area contributed by atoms with Gasteiger partial charge >= 0.3 is 0 Å². The first-order valence-corrected chi connectivity index (χ1v) is 6.41. The number of aromatic nitrogens is 1. The predicted molar refractivity (Wildman–Crippen MR) is 72.2 cm³/mol. The Kier molecular flexibility index (Phi) is 4.02. The van der Waals surface area contributed by atoms with Crippen LogP contribution in [0.2, 0.25) is 0 Å². The van der Waals surface area contributed by atoms with Crippen molar-refractivity contribution < 1.29 is 4.79 Å². The highest BCUT2D eigenvalue weighted by Crippen LogP contribution is 2.25. The van der Waals surface area contributed by atoms with Crippen molar-refractivity contribution in [3.63, 3.8) is 0 Å². The smallest absolute Gasteiger partial charge is 0.223 e. The zero-order valence-corrected chi connectivity index (χ0v) is 10.7. The molecule has 0 spiro atoms. The van der Waals surface area contributed by atoms with Gasteiger partial charge in [-0.2, -0.15) is 0 Å². The number of nitrogens with zero attached hydrogens (tertiary/aromatic N) is 1. The van der Waals surface area contributed by atoms with Gasteiger partial charge in [-0.1, -0.05) is 6.42 Å². The van der Waals surface area contributed by atoms with E-state index in [2.05, 4.69) is 15.6 Å². The Hall–Kier alpha value is -1.78. The summed E-state index contributed by atoms with van der Waals surface area (Å²) in [7, 11) is 0. The summed E-state index contributed by atoms with van der Waals surface area (Å²) in [5, 5.41) is 6.05. The average molecular weight is 248 g/mol. The molecule has 1 amide bonds. The standard InChI is InChI=1S/C13H20N4O/c1-9-5-6-11(14)12(17-9)15-7-8-16-13(18)10-3-2-4-10/h5-6,10H,2-4,7-8,14H2,1H3,(H,15,17)(H,16,18). The zero-order valence-electron chi connectivity index (χ0n) is 10.7. The molecule has 1 saturated carbocycles. The number of carbonyl (C=O) groups is 1. The van der Waals surface area contributed by atoms with E-state index in [0.717, 1.165) is 18.5 Å². The quantitative estimate of drug-likeness (QED) is 0.686. The molecule has 2 rings (SSSR count). The summed E-state index contributed by atoms with van der Waals surface area (Å²) >= 11 is 0. The van der Waals surface area contributed by atoms with Gasteiger partial charge in [-0.3, -0.25) is 4.79 Å². The van der Waals surface area contributed by atoms with Crippen LogP contribution in [0.5, 0.6) is 0 Å². The first-order chi connectivity index (χ1) is 8.66. The van der Waals surface area contributed by atoms with Gasteiger partial charge in [0.15, 0.2) is 0 Å². The number of pyridine rings is 1. The normalized spacial score (nSPS) is 14.9. The molecular weight excluding hydrogens is 228 g/mol. The molecule has 0 aliphatic heterocycles. The van der Waals surface area contributed by atoms with Crippen molar-refractivity contribution in [3.8, 4) is 0 Å². The lowest BCUT2D eigenvalue weighted by Crippen LogP contribution is -2.37. The zero-order chi connectivity index (χ0) is 13.0. The molecule has 1 aromatic heterocycles. The second-order valence-corrected chi connectivity index (χ2v) is 4.74. The first-order valence-electron chi connectivity index (χ1n) is 6.41. The number of aryl methyl sites for hydroxylation is 1. The third-order valence-corrected chi connectivity index (χ3v) is 3.26. The lowest BCUT2D eigenvalue weighted by atomic mass is 9.85. The minimum Gasteiger partial charge on any atom is -0.396 e. The molecule has 0 bridgehead atoms. The van der Waals surface area contributed by atoms with E-state index in [0.29, 0.717) is 24.6 Å². The van der Waals surface area contributed by atoms with E-state index in [1.807, 2.05) is 19.1 Å². The topological polar surface area (TPSA) is 80.0 Å². The van der Waals surface area contributed by atoms with Crippen LogP contribution < -0.4 is 16.4 Å². The highest BCUT2D eigenvalue weighted by Gasteiger charge is 2.24. The summed E-state index contributed by atoms with van der Waals surface area (Å²) in [4.78, 5) is 15.9. The van der Waals surface area contributed by atoms with Crippen molar-refractivity contribution in [3.05, 3.63) is 17.8 Å². The Bertz CT molecular complexity index is 429. The Morgan fingerprint density at radius 3 is 2.89 bits per heavy atom. The van der Waals surface area contributed by atoms with E-state index in [4.69, 9.17) is 5.73 Å². The molecule has 1 aromatic rings. The molecule has 1 fully saturated rings. The predicted octanol–water partition coefficient (Wildman–Crippen LogP) is 1.30. The molecule has 0 unspecified atom stereocenters. The van der Waals surface area contributed by atoms with Crippen molar-refractivity contribution in [1.29, 1.82) is 0 Å². The third-order valence-electron chi connectivity index (χ3n) is 3.26. The SMILES string of the molecule is Cc1ccc(N)c(NCCNC(=O)C2CCC2)n1. The number of hydrogen-bond donors (Lipinski definition) is 3. The molecule has 5 nitrogen and oxygen atoms in total. The van der Waals surface area contributed by atoms with Crippen LogP contribution in [0.4, 0.5) is 11.5 Å². The average Bonchev–Trinajstić information content (AvgIpc) is 2.26. The fourth-order valence-electron chi connectivity index (χ4n) is 1.89. The van der Waals surface area contributed by atoms with Crippen LogP contribution in [0, 0.1) is 12.8 Å². The number of amides is 1. The molecule has 0 saturated heterocycles. The van der Waals surface area contributed by atoms with Crippen molar-refractivity contribution >= 4 is 17.4 Å². The summed E-state index contributed by atoms with van der Waals surface area (Å²) in [6, 6.07) is 3.70. The molecule has 0 aromatic carbocycles. The molecule has 18 heavy (non-hydrogen) atoms. The van der Waals surface area contributed by atoms with Crippen molar-refractivity contribution in [2.24, 2.45) is 5.92 Å². The Balaban J connectivity index is 1.71. The molecule has 0 radical (unpaired) electrons. The summed E-state index contributed by atoms with van der Waals surface area (Å²) in [5.41, 5.74) is 7.35. The number of rotatable bonds is 5. The lowest BCUT2D eigenvalue weighted by molar-refractivity contribution is -0.127. The van der Waals surface area contributed by atoms with Crippen LogP contribution in [-0.2, 0) is 4.79 Å². The van der Waals surface area contributed by atoms with Crippen LogP contribution in [0.25, 0.3) is 0 Å². The molecule has 0 atom stereocenters. The Morgan fingerprint density at radius 2 is 2.22 bits per heavy atom. The van der Waals surface area contributed by atoms with E-state index in [9.17, 15) is 4.79 Å². The number of nitrogens with two attached hydrogens (primary N) is 1. The van der Waals surface area contributed by atoms with Crippen LogP contribution in [0.3, 0.4) is 0 Å². The van der Waals surface area contributed by atoms with E-state index in [1.165, 1.54) is 6.42 Å². The van der Waals surface area contributed by atoms with Crippen molar-refractivity contribution in [2.75, 3.05) is 24.1 Å². The van der Waals surface area contributed by atoms with E-state index < -0.39 is 0 Å². The van der Waals surface area contributed by atoms with Gasteiger partial charge in [0, 0.05) is 24.7 Å². The third kappa shape index (κ3) is 3.12. The fourth-order valence-corrected chi connectivity index (χ4v) is 1.89. The Labute approximate surface area is 107 Å². The van der Waals surface area contributed by atoms with E-state index in [1.54, 1.807) is 0 Å². The second-order valence-electron chi connectivity index (χ2n) is 4.74. The van der Waals surface area contributed by atoms with Gasteiger partial charge in [-0.15, -0.1) is 0 Å². The van der Waals surface area contributed by atoms with Crippen molar-refractivity contribution in [2.45, 2.75) is 26.2 Å². The molecule has 98 valence electrons. The number of carbonyl (C=O) groups excluding carboxylic acids is 1. The molecule has 1 aliphatic carbocycles. The Morgan fingerprint density at radius 1 is 1.44 bits per heavy atom. The minimum absolute atomic E-state index is 0.174. The first kappa shape index (κ1) is 12.7. The lowest BCUT2D eigenvalue weighted by Gasteiger charge is -2.24. The number of anilines is 2. The highest BCUT2D eigenvalue weighted by molar-refractivity contribution is 5.79. The van der Waals surface area contributed by atoms with Gasteiger partial charge in [-0.25, -0.2) is 4.98 Å². The summed E-state index contributed by atoms with van der Waals surface area (Å²) in [6.07, 6.45) is 3.25. The number of nitrogens with one attached hydrogen (secondary N) is 2. The van der Waals surface area contributed by atoms with Crippen molar-refractivity contribution in [1.82, 2.24) is 10.3 Å². The molecule has 4 N–H and O–H groups in total.